The fourth-order valence-electron chi connectivity index (χ4n) is 2.50. The first-order valence-corrected chi connectivity index (χ1v) is 7.07. The highest BCUT2D eigenvalue weighted by Crippen LogP contribution is 2.27. The van der Waals surface area contributed by atoms with Crippen molar-refractivity contribution in [2.24, 2.45) is 5.73 Å². The van der Waals surface area contributed by atoms with E-state index < -0.39 is 6.04 Å². The highest BCUT2D eigenvalue weighted by molar-refractivity contribution is 5.82. The van der Waals surface area contributed by atoms with Gasteiger partial charge in [-0.05, 0) is 17.2 Å². The van der Waals surface area contributed by atoms with Crippen molar-refractivity contribution in [1.82, 2.24) is 5.32 Å². The second-order valence-corrected chi connectivity index (χ2v) is 5.19. The summed E-state index contributed by atoms with van der Waals surface area (Å²) in [5.41, 5.74) is 7.95. The van der Waals surface area contributed by atoms with Crippen molar-refractivity contribution in [1.29, 1.82) is 0 Å². The van der Waals surface area contributed by atoms with Crippen LogP contribution in [0, 0.1) is 0 Å². The summed E-state index contributed by atoms with van der Waals surface area (Å²) in [4.78, 5) is 12.1. The molecule has 0 saturated heterocycles. The van der Waals surface area contributed by atoms with Crippen molar-refractivity contribution in [3.05, 3.63) is 65.7 Å². The molecular weight excluding hydrogens is 264 g/mol. The molecule has 3 rings (SSSR count). The van der Waals surface area contributed by atoms with Crippen molar-refractivity contribution < 1.29 is 9.53 Å². The van der Waals surface area contributed by atoms with Crippen molar-refractivity contribution in [3.8, 4) is 5.75 Å². The minimum Gasteiger partial charge on any atom is -0.488 e. The second-order valence-electron chi connectivity index (χ2n) is 5.19. The summed E-state index contributed by atoms with van der Waals surface area (Å²) in [6, 6.07) is 16.7. The summed E-state index contributed by atoms with van der Waals surface area (Å²) in [5, 5.41) is 2.87. The number of fused-ring (bicyclic) bond motifs is 1. The first-order chi connectivity index (χ1) is 10.2. The molecule has 1 heterocycles. The number of amides is 1. The minimum absolute atomic E-state index is 0.0191. The number of benzene rings is 2. The second kappa shape index (κ2) is 5.97. The van der Waals surface area contributed by atoms with Gasteiger partial charge in [0.2, 0.25) is 5.91 Å². The van der Waals surface area contributed by atoms with Gasteiger partial charge in [-0.2, -0.15) is 0 Å². The summed E-state index contributed by atoms with van der Waals surface area (Å²) in [7, 11) is 0. The van der Waals surface area contributed by atoms with Gasteiger partial charge in [0, 0.05) is 6.42 Å². The topological polar surface area (TPSA) is 64.4 Å². The standard InChI is InChI=1S/C17H18N2O2/c18-16(12-6-2-1-3-7-12)17(20)19-11-14-10-13-8-4-5-9-15(13)21-14/h1-9,14,16H,10-11,18H2,(H,19,20)/t14?,16-/m0/s1. The molecule has 0 fully saturated rings. The summed E-state index contributed by atoms with van der Waals surface area (Å²) >= 11 is 0. The molecule has 21 heavy (non-hydrogen) atoms. The molecular formula is C17H18N2O2. The Kier molecular flexibility index (Phi) is 3.88. The summed E-state index contributed by atoms with van der Waals surface area (Å²) in [6.07, 6.45) is 0.797. The van der Waals surface area contributed by atoms with Crippen LogP contribution in [0.25, 0.3) is 0 Å². The molecule has 2 atom stereocenters. The lowest BCUT2D eigenvalue weighted by Gasteiger charge is -2.15. The van der Waals surface area contributed by atoms with Crippen LogP contribution < -0.4 is 15.8 Å². The maximum atomic E-state index is 12.1. The van der Waals surface area contributed by atoms with E-state index in [0.717, 1.165) is 17.7 Å². The SMILES string of the molecule is N[C@H](C(=O)NCC1Cc2ccccc2O1)c1ccccc1. The van der Waals surface area contributed by atoms with E-state index in [1.807, 2.05) is 54.6 Å². The zero-order chi connectivity index (χ0) is 14.7. The molecule has 108 valence electrons. The number of hydrogen-bond donors (Lipinski definition) is 2. The molecule has 1 aliphatic heterocycles. The number of ether oxygens (including phenoxy) is 1. The molecule has 2 aromatic rings. The Bertz CT molecular complexity index is 603. The average molecular weight is 282 g/mol. The molecule has 1 aliphatic rings. The Morgan fingerprint density at radius 2 is 1.90 bits per heavy atom. The number of carbonyl (C=O) groups is 1. The molecule has 0 spiro atoms. The van der Waals surface area contributed by atoms with Crippen LogP contribution in [0.15, 0.2) is 54.6 Å². The monoisotopic (exact) mass is 282 g/mol. The zero-order valence-electron chi connectivity index (χ0n) is 11.7. The van der Waals surface area contributed by atoms with Crippen LogP contribution in [-0.2, 0) is 11.2 Å². The van der Waals surface area contributed by atoms with Crippen LogP contribution in [0.1, 0.15) is 17.2 Å². The van der Waals surface area contributed by atoms with E-state index in [-0.39, 0.29) is 12.0 Å². The number of para-hydroxylation sites is 1. The van der Waals surface area contributed by atoms with Gasteiger partial charge in [0.15, 0.2) is 0 Å². The molecule has 4 heteroatoms. The molecule has 0 aliphatic carbocycles. The quantitative estimate of drug-likeness (QED) is 0.899. The third kappa shape index (κ3) is 3.06. The van der Waals surface area contributed by atoms with E-state index in [1.165, 1.54) is 5.56 Å². The molecule has 0 bridgehead atoms. The van der Waals surface area contributed by atoms with Crippen LogP contribution in [-0.4, -0.2) is 18.6 Å². The molecule has 0 radical (unpaired) electrons. The number of rotatable bonds is 4. The Balaban J connectivity index is 1.53. The predicted molar refractivity (Wildman–Crippen MR) is 80.9 cm³/mol. The van der Waals surface area contributed by atoms with Gasteiger partial charge in [0.25, 0.3) is 0 Å². The third-order valence-corrected chi connectivity index (χ3v) is 3.66. The summed E-state index contributed by atoms with van der Waals surface area (Å²) < 4.78 is 5.79. The lowest BCUT2D eigenvalue weighted by atomic mass is 10.1. The third-order valence-electron chi connectivity index (χ3n) is 3.66. The minimum atomic E-state index is -0.644. The molecule has 1 amide bonds. The Hall–Kier alpha value is -2.33. The number of carbonyl (C=O) groups excluding carboxylic acids is 1. The summed E-state index contributed by atoms with van der Waals surface area (Å²) in [5.74, 6) is 0.727. The maximum absolute atomic E-state index is 12.1. The fourth-order valence-corrected chi connectivity index (χ4v) is 2.50. The Morgan fingerprint density at radius 3 is 2.67 bits per heavy atom. The van der Waals surface area contributed by atoms with Gasteiger partial charge in [-0.25, -0.2) is 0 Å². The van der Waals surface area contributed by atoms with Gasteiger partial charge in [-0.15, -0.1) is 0 Å². The van der Waals surface area contributed by atoms with E-state index >= 15 is 0 Å². The van der Waals surface area contributed by atoms with Crippen molar-refractivity contribution in [2.45, 2.75) is 18.6 Å². The van der Waals surface area contributed by atoms with Crippen molar-refractivity contribution >= 4 is 5.91 Å². The highest BCUT2D eigenvalue weighted by Gasteiger charge is 2.24. The van der Waals surface area contributed by atoms with Gasteiger partial charge in [-0.1, -0.05) is 48.5 Å². The number of nitrogens with two attached hydrogens (primary N) is 1. The van der Waals surface area contributed by atoms with Crippen molar-refractivity contribution in [2.75, 3.05) is 6.54 Å². The van der Waals surface area contributed by atoms with E-state index in [1.54, 1.807) is 0 Å². The largest absolute Gasteiger partial charge is 0.488 e. The fraction of sp³-hybridized carbons (Fsp3) is 0.235. The predicted octanol–water partition coefficient (Wildman–Crippen LogP) is 1.81. The molecule has 4 nitrogen and oxygen atoms in total. The van der Waals surface area contributed by atoms with Crippen LogP contribution in [0.3, 0.4) is 0 Å². The number of nitrogens with one attached hydrogen (secondary N) is 1. The Labute approximate surface area is 123 Å². The highest BCUT2D eigenvalue weighted by atomic mass is 16.5. The Morgan fingerprint density at radius 1 is 1.19 bits per heavy atom. The van der Waals surface area contributed by atoms with E-state index in [2.05, 4.69) is 5.32 Å². The lowest BCUT2D eigenvalue weighted by molar-refractivity contribution is -0.122. The molecule has 1 unspecified atom stereocenters. The maximum Gasteiger partial charge on any atom is 0.241 e. The van der Waals surface area contributed by atoms with E-state index in [0.29, 0.717) is 6.54 Å². The normalized spacial score (nSPS) is 17.7. The zero-order valence-corrected chi connectivity index (χ0v) is 11.7. The first-order valence-electron chi connectivity index (χ1n) is 7.07. The van der Waals surface area contributed by atoms with Crippen LogP contribution in [0.4, 0.5) is 0 Å². The van der Waals surface area contributed by atoms with Crippen LogP contribution >= 0.6 is 0 Å². The summed E-state index contributed by atoms with van der Waals surface area (Å²) in [6.45, 7) is 0.466. The van der Waals surface area contributed by atoms with Crippen LogP contribution in [0.2, 0.25) is 0 Å². The van der Waals surface area contributed by atoms with Gasteiger partial charge >= 0.3 is 0 Å². The van der Waals surface area contributed by atoms with E-state index in [9.17, 15) is 4.79 Å². The van der Waals surface area contributed by atoms with Crippen molar-refractivity contribution in [3.63, 3.8) is 0 Å². The molecule has 0 aromatic heterocycles. The van der Waals surface area contributed by atoms with Gasteiger partial charge in [0.05, 0.1) is 6.54 Å². The van der Waals surface area contributed by atoms with Gasteiger partial charge in [0.1, 0.15) is 17.9 Å². The average Bonchev–Trinajstić information content (AvgIpc) is 2.95. The van der Waals surface area contributed by atoms with E-state index in [4.69, 9.17) is 10.5 Å². The molecule has 2 aromatic carbocycles. The molecule has 3 N–H and O–H groups in total. The van der Waals surface area contributed by atoms with Gasteiger partial charge < -0.3 is 15.8 Å². The molecule has 0 saturated carbocycles. The number of hydrogen-bond acceptors (Lipinski definition) is 3. The smallest absolute Gasteiger partial charge is 0.241 e. The lowest BCUT2D eigenvalue weighted by Crippen LogP contribution is -2.39. The first kappa shape index (κ1) is 13.6. The van der Waals surface area contributed by atoms with Gasteiger partial charge in [-0.3, -0.25) is 4.79 Å². The van der Waals surface area contributed by atoms with Crippen LogP contribution in [0.5, 0.6) is 5.75 Å².